The quantitative estimate of drug-likeness (QED) is 0.880. The van der Waals surface area contributed by atoms with E-state index in [1.165, 1.54) is 10.9 Å². The molecule has 1 aromatic heterocycles. The zero-order valence-corrected chi connectivity index (χ0v) is 16.1. The van der Waals surface area contributed by atoms with Gasteiger partial charge in [0.15, 0.2) is 0 Å². The zero-order valence-electron chi connectivity index (χ0n) is 16.1. The van der Waals surface area contributed by atoms with Crippen LogP contribution in [0.2, 0.25) is 0 Å². The number of methoxy groups -OCH3 is 1. The Morgan fingerprint density at radius 1 is 1.31 bits per heavy atom. The van der Waals surface area contributed by atoms with Crippen molar-refractivity contribution in [2.45, 2.75) is 44.6 Å². The number of amides is 1. The molecule has 1 saturated heterocycles. The van der Waals surface area contributed by atoms with Gasteiger partial charge in [0.25, 0.3) is 0 Å². The number of hydrogen-bond donors (Lipinski definition) is 2. The molecule has 0 saturated carbocycles. The Morgan fingerprint density at radius 2 is 2.00 bits per heavy atom. The second-order valence-electron chi connectivity index (χ2n) is 8.07. The Balaban J connectivity index is 1.81. The highest BCUT2D eigenvalue weighted by atomic mass is 16.6. The molecule has 6 heteroatoms. The molecule has 1 fully saturated rings. The van der Waals surface area contributed by atoms with Gasteiger partial charge in [-0.3, -0.25) is 0 Å². The highest BCUT2D eigenvalue weighted by Gasteiger charge is 2.39. The summed E-state index contributed by atoms with van der Waals surface area (Å²) in [7, 11) is 1.67. The molecule has 2 aromatic rings. The van der Waals surface area contributed by atoms with Crippen molar-refractivity contribution in [3.63, 3.8) is 0 Å². The van der Waals surface area contributed by atoms with Crippen LogP contribution in [0.5, 0.6) is 5.75 Å². The van der Waals surface area contributed by atoms with E-state index in [1.807, 2.05) is 32.9 Å². The second kappa shape index (κ2) is 6.83. The van der Waals surface area contributed by atoms with Crippen molar-refractivity contribution < 1.29 is 14.3 Å². The molecule has 3 N–H and O–H groups in total. The van der Waals surface area contributed by atoms with E-state index in [2.05, 4.69) is 17.2 Å². The number of carbonyl (C=O) groups excluding carboxylic acids is 1. The molecule has 3 rings (SSSR count). The Hall–Kier alpha value is -2.21. The summed E-state index contributed by atoms with van der Waals surface area (Å²) in [6.07, 6.45) is 3.45. The molecule has 0 unspecified atom stereocenters. The first-order valence-electron chi connectivity index (χ1n) is 9.12. The van der Waals surface area contributed by atoms with Gasteiger partial charge >= 0.3 is 6.09 Å². The van der Waals surface area contributed by atoms with Crippen molar-refractivity contribution in [3.05, 3.63) is 30.0 Å². The molecule has 1 amide bonds. The van der Waals surface area contributed by atoms with E-state index < -0.39 is 5.60 Å². The molecule has 1 aliphatic rings. The minimum atomic E-state index is -0.477. The van der Waals surface area contributed by atoms with E-state index in [0.29, 0.717) is 19.6 Å². The Labute approximate surface area is 154 Å². The number of rotatable bonds is 3. The summed E-state index contributed by atoms with van der Waals surface area (Å²) < 4.78 is 10.8. The number of piperidine rings is 1. The van der Waals surface area contributed by atoms with Gasteiger partial charge in [-0.25, -0.2) is 4.79 Å². The van der Waals surface area contributed by atoms with Crippen LogP contribution in [0.4, 0.5) is 4.79 Å². The largest absolute Gasteiger partial charge is 0.497 e. The monoisotopic (exact) mass is 359 g/mol. The minimum absolute atomic E-state index is 0.134. The summed E-state index contributed by atoms with van der Waals surface area (Å²) in [6.45, 7) is 7.51. The van der Waals surface area contributed by atoms with Crippen LogP contribution in [-0.4, -0.2) is 48.3 Å². The van der Waals surface area contributed by atoms with Crippen molar-refractivity contribution >= 4 is 17.0 Å². The number of ether oxygens (including phenoxy) is 2. The van der Waals surface area contributed by atoms with Gasteiger partial charge in [-0.15, -0.1) is 0 Å². The van der Waals surface area contributed by atoms with Crippen molar-refractivity contribution in [1.29, 1.82) is 0 Å². The number of H-pyrrole nitrogens is 1. The van der Waals surface area contributed by atoms with Crippen LogP contribution in [-0.2, 0) is 10.2 Å². The van der Waals surface area contributed by atoms with Crippen molar-refractivity contribution in [1.82, 2.24) is 9.88 Å². The van der Waals surface area contributed by atoms with E-state index >= 15 is 0 Å². The topological polar surface area (TPSA) is 80.6 Å². The molecular formula is C20H29N3O3. The van der Waals surface area contributed by atoms with Crippen LogP contribution < -0.4 is 10.5 Å². The summed E-state index contributed by atoms with van der Waals surface area (Å²) >= 11 is 0. The normalized spacial score (nSPS) is 17.3. The lowest BCUT2D eigenvalue weighted by molar-refractivity contribution is 0.0168. The first-order valence-corrected chi connectivity index (χ1v) is 9.12. The standard InChI is InChI=1S/C20H29N3O3/c1-19(2,3)26-18(24)23-9-7-20(13-21,8-10-23)16-12-22-17-11-14(25-4)5-6-15(16)17/h5-6,11-12,22H,7-10,13,21H2,1-4H3. The summed E-state index contributed by atoms with van der Waals surface area (Å²) in [6, 6.07) is 6.05. The van der Waals surface area contributed by atoms with Crippen LogP contribution in [0, 0.1) is 0 Å². The Kier molecular flexibility index (Phi) is 4.88. The van der Waals surface area contributed by atoms with Crippen LogP contribution in [0.15, 0.2) is 24.4 Å². The molecular weight excluding hydrogens is 330 g/mol. The number of nitrogens with two attached hydrogens (primary N) is 1. The molecule has 0 aliphatic carbocycles. The minimum Gasteiger partial charge on any atom is -0.497 e. The van der Waals surface area contributed by atoms with E-state index in [1.54, 1.807) is 12.0 Å². The molecule has 1 aromatic carbocycles. The number of fused-ring (bicyclic) bond motifs is 1. The van der Waals surface area contributed by atoms with E-state index in [-0.39, 0.29) is 11.5 Å². The zero-order chi connectivity index (χ0) is 18.9. The van der Waals surface area contributed by atoms with Gasteiger partial charge < -0.3 is 25.1 Å². The van der Waals surface area contributed by atoms with Crippen molar-refractivity contribution in [2.75, 3.05) is 26.7 Å². The second-order valence-corrected chi connectivity index (χ2v) is 8.07. The number of nitrogens with zero attached hydrogens (tertiary/aromatic N) is 1. The van der Waals surface area contributed by atoms with Gasteiger partial charge in [0.1, 0.15) is 11.4 Å². The maximum absolute atomic E-state index is 12.3. The van der Waals surface area contributed by atoms with Crippen LogP contribution in [0.25, 0.3) is 10.9 Å². The fourth-order valence-electron chi connectivity index (χ4n) is 3.70. The number of nitrogens with one attached hydrogen (secondary N) is 1. The smallest absolute Gasteiger partial charge is 0.410 e. The molecule has 26 heavy (non-hydrogen) atoms. The van der Waals surface area contributed by atoms with Gasteiger partial charge in [0, 0.05) is 48.2 Å². The molecule has 0 radical (unpaired) electrons. The predicted molar refractivity (Wildman–Crippen MR) is 103 cm³/mol. The Bertz CT molecular complexity index is 783. The van der Waals surface area contributed by atoms with E-state index in [0.717, 1.165) is 24.1 Å². The summed E-state index contributed by atoms with van der Waals surface area (Å²) in [5.74, 6) is 0.826. The van der Waals surface area contributed by atoms with Crippen LogP contribution in [0.3, 0.4) is 0 Å². The van der Waals surface area contributed by atoms with Crippen molar-refractivity contribution in [3.8, 4) is 5.75 Å². The van der Waals surface area contributed by atoms with E-state index in [9.17, 15) is 4.79 Å². The van der Waals surface area contributed by atoms with Gasteiger partial charge in [-0.05, 0) is 51.3 Å². The molecule has 1 aliphatic heterocycles. The third-order valence-corrected chi connectivity index (χ3v) is 5.22. The molecule has 6 nitrogen and oxygen atoms in total. The number of benzene rings is 1. The number of aromatic amines is 1. The average molecular weight is 359 g/mol. The maximum atomic E-state index is 12.3. The molecule has 2 heterocycles. The summed E-state index contributed by atoms with van der Waals surface area (Å²) in [4.78, 5) is 17.5. The number of likely N-dealkylation sites (tertiary alicyclic amines) is 1. The molecule has 0 bridgehead atoms. The molecule has 0 spiro atoms. The number of hydrogen-bond acceptors (Lipinski definition) is 4. The Morgan fingerprint density at radius 3 is 2.58 bits per heavy atom. The third kappa shape index (κ3) is 3.51. The predicted octanol–water partition coefficient (Wildman–Crippen LogP) is 3.40. The lowest BCUT2D eigenvalue weighted by Gasteiger charge is -2.41. The summed E-state index contributed by atoms with van der Waals surface area (Å²) in [5.41, 5.74) is 7.88. The molecule has 142 valence electrons. The number of carbonyl (C=O) groups is 1. The fraction of sp³-hybridized carbons (Fsp3) is 0.550. The number of aromatic nitrogens is 1. The fourth-order valence-corrected chi connectivity index (χ4v) is 3.70. The maximum Gasteiger partial charge on any atom is 0.410 e. The highest BCUT2D eigenvalue weighted by Crippen LogP contribution is 2.39. The van der Waals surface area contributed by atoms with Gasteiger partial charge in [0.2, 0.25) is 0 Å². The highest BCUT2D eigenvalue weighted by molar-refractivity contribution is 5.85. The summed E-state index contributed by atoms with van der Waals surface area (Å²) in [5, 5.41) is 1.17. The van der Waals surface area contributed by atoms with Gasteiger partial charge in [-0.2, -0.15) is 0 Å². The first kappa shape index (κ1) is 18.6. The van der Waals surface area contributed by atoms with Gasteiger partial charge in [-0.1, -0.05) is 0 Å². The first-order chi connectivity index (χ1) is 12.3. The lowest BCUT2D eigenvalue weighted by Crippen LogP contribution is -2.49. The van der Waals surface area contributed by atoms with Gasteiger partial charge in [0.05, 0.1) is 7.11 Å². The average Bonchev–Trinajstić information content (AvgIpc) is 3.04. The van der Waals surface area contributed by atoms with E-state index in [4.69, 9.17) is 15.2 Å². The third-order valence-electron chi connectivity index (χ3n) is 5.22. The van der Waals surface area contributed by atoms with Crippen LogP contribution >= 0.6 is 0 Å². The van der Waals surface area contributed by atoms with Crippen molar-refractivity contribution in [2.24, 2.45) is 5.73 Å². The molecule has 0 atom stereocenters. The SMILES string of the molecule is COc1ccc2c(C3(CN)CCN(C(=O)OC(C)(C)C)CC3)c[nH]c2c1. The van der Waals surface area contributed by atoms with Crippen LogP contribution in [0.1, 0.15) is 39.2 Å². The lowest BCUT2D eigenvalue weighted by atomic mass is 9.73.